The zero-order chi connectivity index (χ0) is 21.6. The molecule has 7 heteroatoms. The van der Waals surface area contributed by atoms with Crippen molar-refractivity contribution < 1.29 is 9.53 Å². The van der Waals surface area contributed by atoms with Crippen LogP contribution in [0.1, 0.15) is 36.2 Å². The van der Waals surface area contributed by atoms with Gasteiger partial charge in [0.1, 0.15) is 5.52 Å². The van der Waals surface area contributed by atoms with Crippen molar-refractivity contribution in [1.29, 1.82) is 0 Å². The third kappa shape index (κ3) is 5.48. The first-order valence-electron chi connectivity index (χ1n) is 11.1. The highest BCUT2D eigenvalue weighted by molar-refractivity contribution is 5.94. The summed E-state index contributed by atoms with van der Waals surface area (Å²) in [7, 11) is 0. The Bertz CT molecular complexity index is 993. The van der Waals surface area contributed by atoms with Gasteiger partial charge in [-0.1, -0.05) is 43.3 Å². The number of morpholine rings is 1. The van der Waals surface area contributed by atoms with Gasteiger partial charge in [-0.25, -0.2) is 4.68 Å². The number of rotatable bonds is 8. The van der Waals surface area contributed by atoms with E-state index in [-0.39, 0.29) is 5.91 Å². The molecule has 1 amide bonds. The molecule has 2 aromatic carbocycles. The Hall–Kier alpha value is -2.77. The molecule has 1 unspecified atom stereocenters. The maximum atomic E-state index is 12.7. The third-order valence-electron chi connectivity index (χ3n) is 5.77. The first-order chi connectivity index (χ1) is 15.1. The van der Waals surface area contributed by atoms with Gasteiger partial charge in [-0.3, -0.25) is 9.69 Å². The van der Waals surface area contributed by atoms with Crippen LogP contribution in [0.25, 0.3) is 11.0 Å². The van der Waals surface area contributed by atoms with Gasteiger partial charge < -0.3 is 10.1 Å². The molecule has 0 spiro atoms. The number of carbonyl (C=O) groups excluding carboxylic acids is 1. The molecule has 0 bridgehead atoms. The second kappa shape index (κ2) is 10.0. The maximum Gasteiger partial charge on any atom is 0.251 e. The van der Waals surface area contributed by atoms with Crippen molar-refractivity contribution in [2.75, 3.05) is 32.8 Å². The van der Waals surface area contributed by atoms with Crippen LogP contribution in [0, 0.1) is 5.92 Å². The van der Waals surface area contributed by atoms with Gasteiger partial charge in [-0.2, -0.15) is 0 Å². The lowest BCUT2D eigenvalue weighted by Gasteiger charge is -2.35. The summed E-state index contributed by atoms with van der Waals surface area (Å²) in [6, 6.07) is 16.0. The number of amides is 1. The van der Waals surface area contributed by atoms with E-state index in [2.05, 4.69) is 34.4 Å². The van der Waals surface area contributed by atoms with Crippen molar-refractivity contribution in [3.8, 4) is 0 Å². The molecule has 1 N–H and O–H groups in total. The highest BCUT2D eigenvalue weighted by Crippen LogP contribution is 2.15. The lowest BCUT2D eigenvalue weighted by atomic mass is 10.0. The highest BCUT2D eigenvalue weighted by atomic mass is 16.5. The molecule has 1 aromatic heterocycles. The molecule has 0 saturated carbocycles. The average Bonchev–Trinajstić information content (AvgIpc) is 3.20. The Morgan fingerprint density at radius 1 is 1.10 bits per heavy atom. The normalized spacial score (nSPS) is 16.0. The van der Waals surface area contributed by atoms with Crippen LogP contribution >= 0.6 is 0 Å². The van der Waals surface area contributed by atoms with Gasteiger partial charge in [-0.05, 0) is 42.2 Å². The molecule has 164 valence electrons. The molecular formula is C24H31N5O2. The molecule has 7 nitrogen and oxygen atoms in total. The quantitative estimate of drug-likeness (QED) is 0.605. The van der Waals surface area contributed by atoms with E-state index in [9.17, 15) is 4.79 Å². The molecular weight excluding hydrogens is 390 g/mol. The number of benzene rings is 2. The second-order valence-corrected chi connectivity index (χ2v) is 8.57. The van der Waals surface area contributed by atoms with Crippen molar-refractivity contribution in [1.82, 2.24) is 25.2 Å². The molecule has 1 atom stereocenters. The summed E-state index contributed by atoms with van der Waals surface area (Å²) >= 11 is 0. The van der Waals surface area contributed by atoms with Crippen molar-refractivity contribution in [2.45, 2.75) is 32.9 Å². The van der Waals surface area contributed by atoms with Gasteiger partial charge in [0, 0.05) is 31.2 Å². The van der Waals surface area contributed by atoms with Crippen LogP contribution in [0.3, 0.4) is 0 Å². The zero-order valence-corrected chi connectivity index (χ0v) is 18.3. The fourth-order valence-electron chi connectivity index (χ4n) is 4.13. The number of carbonyl (C=O) groups is 1. The van der Waals surface area contributed by atoms with Crippen LogP contribution in [0.15, 0.2) is 48.5 Å². The minimum atomic E-state index is -0.0280. The van der Waals surface area contributed by atoms with E-state index in [0.717, 1.165) is 49.3 Å². The lowest BCUT2D eigenvalue weighted by Crippen LogP contribution is -2.49. The predicted molar refractivity (Wildman–Crippen MR) is 121 cm³/mol. The Morgan fingerprint density at radius 3 is 2.58 bits per heavy atom. The summed E-state index contributed by atoms with van der Waals surface area (Å²) in [5.41, 5.74) is 3.65. The largest absolute Gasteiger partial charge is 0.379 e. The summed E-state index contributed by atoms with van der Waals surface area (Å²) < 4.78 is 7.36. The molecule has 2 heterocycles. The van der Waals surface area contributed by atoms with E-state index in [1.54, 1.807) is 0 Å². The van der Waals surface area contributed by atoms with Crippen molar-refractivity contribution in [3.63, 3.8) is 0 Å². The molecule has 31 heavy (non-hydrogen) atoms. The number of nitrogens with one attached hydrogen (secondary N) is 1. The van der Waals surface area contributed by atoms with Gasteiger partial charge in [-0.15, -0.1) is 5.10 Å². The third-order valence-corrected chi connectivity index (χ3v) is 5.77. The van der Waals surface area contributed by atoms with E-state index in [0.29, 0.717) is 30.6 Å². The minimum Gasteiger partial charge on any atom is -0.379 e. The molecule has 1 aliphatic heterocycles. The Kier molecular flexibility index (Phi) is 6.94. The van der Waals surface area contributed by atoms with E-state index in [1.165, 1.54) is 0 Å². The summed E-state index contributed by atoms with van der Waals surface area (Å²) in [5.74, 6) is 0.552. The molecule has 1 fully saturated rings. The van der Waals surface area contributed by atoms with E-state index < -0.39 is 0 Å². The highest BCUT2D eigenvalue weighted by Gasteiger charge is 2.22. The molecule has 1 saturated heterocycles. The van der Waals surface area contributed by atoms with Crippen molar-refractivity contribution in [3.05, 3.63) is 59.7 Å². The molecule has 1 aliphatic rings. The minimum absolute atomic E-state index is 0.0280. The van der Waals surface area contributed by atoms with Crippen molar-refractivity contribution in [2.24, 2.45) is 5.92 Å². The number of hydrogen-bond donors (Lipinski definition) is 1. The van der Waals surface area contributed by atoms with Gasteiger partial charge >= 0.3 is 0 Å². The number of para-hydroxylation sites is 1. The zero-order valence-electron chi connectivity index (χ0n) is 18.3. The van der Waals surface area contributed by atoms with Crippen LogP contribution in [0.4, 0.5) is 0 Å². The monoisotopic (exact) mass is 421 g/mol. The van der Waals surface area contributed by atoms with Gasteiger partial charge in [0.25, 0.3) is 5.91 Å². The molecule has 4 rings (SSSR count). The summed E-state index contributed by atoms with van der Waals surface area (Å²) in [6.07, 6.45) is 1.06. The molecule has 3 aromatic rings. The fraction of sp³-hybridized carbons (Fsp3) is 0.458. The van der Waals surface area contributed by atoms with Gasteiger partial charge in [0.15, 0.2) is 0 Å². The summed E-state index contributed by atoms with van der Waals surface area (Å²) in [4.78, 5) is 15.2. The number of fused-ring (bicyclic) bond motifs is 1. The summed E-state index contributed by atoms with van der Waals surface area (Å²) in [5, 5.41) is 11.6. The van der Waals surface area contributed by atoms with Crippen LogP contribution < -0.4 is 5.32 Å². The number of ether oxygens (including phenoxy) is 1. The lowest BCUT2D eigenvalue weighted by molar-refractivity contribution is 0.0124. The van der Waals surface area contributed by atoms with E-state index >= 15 is 0 Å². The fourth-order valence-corrected chi connectivity index (χ4v) is 4.13. The van der Waals surface area contributed by atoms with E-state index in [4.69, 9.17) is 4.74 Å². The van der Waals surface area contributed by atoms with E-state index in [1.807, 2.05) is 53.2 Å². The Morgan fingerprint density at radius 2 is 1.84 bits per heavy atom. The topological polar surface area (TPSA) is 72.3 Å². The first kappa shape index (κ1) is 21.5. The second-order valence-electron chi connectivity index (χ2n) is 8.57. The Balaban J connectivity index is 1.36. The van der Waals surface area contributed by atoms with Gasteiger partial charge in [0.05, 0.1) is 25.3 Å². The Labute approximate surface area is 183 Å². The number of hydrogen-bond acceptors (Lipinski definition) is 5. The SMILES string of the molecule is CC(C)CC(CNC(=O)c1ccc(Cn2nnc3ccccc32)cc1)N1CCOCC1. The standard InChI is InChI=1S/C24H31N5O2/c1-18(2)15-21(28-11-13-31-14-12-28)16-25-24(30)20-9-7-19(8-10-20)17-29-23-6-4-3-5-22(23)26-27-29/h3-10,18,21H,11-17H2,1-2H3,(H,25,30). The van der Waals surface area contributed by atoms with Crippen LogP contribution in [0.5, 0.6) is 0 Å². The number of nitrogens with zero attached hydrogens (tertiary/aromatic N) is 4. The summed E-state index contributed by atoms with van der Waals surface area (Å²) in [6.45, 7) is 9.13. The average molecular weight is 422 g/mol. The van der Waals surface area contributed by atoms with Crippen LogP contribution in [-0.4, -0.2) is 64.7 Å². The molecule has 0 aliphatic carbocycles. The van der Waals surface area contributed by atoms with Crippen LogP contribution in [0.2, 0.25) is 0 Å². The number of aromatic nitrogens is 3. The van der Waals surface area contributed by atoms with Crippen molar-refractivity contribution >= 4 is 16.9 Å². The first-order valence-corrected chi connectivity index (χ1v) is 11.1. The predicted octanol–water partition coefficient (Wildman–Crippen LogP) is 2.96. The molecule has 0 radical (unpaired) electrons. The van der Waals surface area contributed by atoms with Gasteiger partial charge in [0.2, 0.25) is 0 Å². The van der Waals surface area contributed by atoms with Crippen LogP contribution in [-0.2, 0) is 11.3 Å². The smallest absolute Gasteiger partial charge is 0.251 e. The maximum absolute atomic E-state index is 12.7.